The molecular formula is C15H22F4O2. The second-order valence-corrected chi connectivity index (χ2v) is 6.83. The van der Waals surface area contributed by atoms with E-state index in [0.29, 0.717) is 24.7 Å². The molecule has 2 aliphatic rings. The molecule has 0 aromatic heterocycles. The van der Waals surface area contributed by atoms with Gasteiger partial charge in [-0.3, -0.25) is 4.79 Å². The first-order chi connectivity index (χ1) is 9.54. The summed E-state index contributed by atoms with van der Waals surface area (Å²) in [6.07, 6.45) is -4.04. The molecule has 0 radical (unpaired) electrons. The number of carbonyl (C=O) groups excluding carboxylic acids is 1. The quantitative estimate of drug-likeness (QED) is 0.576. The number of hydrogen-bond acceptors (Lipinski definition) is 2. The van der Waals surface area contributed by atoms with Gasteiger partial charge in [-0.15, -0.1) is 0 Å². The summed E-state index contributed by atoms with van der Waals surface area (Å²) in [7, 11) is 0. The average molecular weight is 310 g/mol. The van der Waals surface area contributed by atoms with E-state index in [4.69, 9.17) is 4.74 Å². The Hall–Kier alpha value is -0.810. The summed E-state index contributed by atoms with van der Waals surface area (Å²) in [4.78, 5) is 12.0. The molecule has 0 amide bonds. The number of fused-ring (bicyclic) bond motifs is 2. The van der Waals surface area contributed by atoms with Crippen molar-refractivity contribution in [1.82, 2.24) is 0 Å². The molecule has 6 atom stereocenters. The molecule has 2 aliphatic carbocycles. The Morgan fingerprint density at radius 3 is 2.24 bits per heavy atom. The minimum absolute atomic E-state index is 0.224. The van der Waals surface area contributed by atoms with Crippen LogP contribution in [0.3, 0.4) is 0 Å². The standard InChI is InChI=1S/C15H22F4O2/c1-8-9(2)11-6-10(8)7-12(11)13(20)21-5-4-14(3,16)15(17,18)19/h8-12H,4-7H2,1-3H3. The van der Waals surface area contributed by atoms with Crippen LogP contribution in [0.15, 0.2) is 0 Å². The fourth-order valence-electron chi connectivity index (χ4n) is 3.80. The van der Waals surface area contributed by atoms with E-state index in [2.05, 4.69) is 13.8 Å². The molecule has 2 bridgehead atoms. The Balaban J connectivity index is 1.82. The zero-order chi connectivity index (χ0) is 16.0. The van der Waals surface area contributed by atoms with Crippen LogP contribution in [-0.4, -0.2) is 24.4 Å². The molecule has 2 saturated carbocycles. The highest BCUT2D eigenvalue weighted by Gasteiger charge is 2.53. The maximum absolute atomic E-state index is 13.4. The number of esters is 1. The van der Waals surface area contributed by atoms with Crippen LogP contribution in [0, 0.1) is 29.6 Å². The Labute approximate surface area is 122 Å². The molecule has 0 spiro atoms. The molecule has 21 heavy (non-hydrogen) atoms. The summed E-state index contributed by atoms with van der Waals surface area (Å²) in [6.45, 7) is 4.23. The van der Waals surface area contributed by atoms with Gasteiger partial charge in [0, 0.05) is 6.42 Å². The Morgan fingerprint density at radius 2 is 1.76 bits per heavy atom. The predicted octanol–water partition coefficient (Wildman–Crippen LogP) is 4.14. The summed E-state index contributed by atoms with van der Waals surface area (Å²) < 4.78 is 55.4. The summed E-state index contributed by atoms with van der Waals surface area (Å²) in [5.41, 5.74) is -3.32. The van der Waals surface area contributed by atoms with Gasteiger partial charge >= 0.3 is 12.1 Å². The van der Waals surface area contributed by atoms with Gasteiger partial charge in [0.1, 0.15) is 0 Å². The van der Waals surface area contributed by atoms with Gasteiger partial charge in [-0.2, -0.15) is 13.2 Å². The monoisotopic (exact) mass is 310 g/mol. The molecule has 122 valence electrons. The topological polar surface area (TPSA) is 26.3 Å². The summed E-state index contributed by atoms with van der Waals surface area (Å²) in [6, 6.07) is 0. The summed E-state index contributed by atoms with van der Waals surface area (Å²) >= 11 is 0. The maximum Gasteiger partial charge on any atom is 0.422 e. The molecular weight excluding hydrogens is 288 g/mol. The van der Waals surface area contributed by atoms with E-state index < -0.39 is 30.8 Å². The highest BCUT2D eigenvalue weighted by atomic mass is 19.4. The van der Waals surface area contributed by atoms with Gasteiger partial charge in [-0.1, -0.05) is 13.8 Å². The van der Waals surface area contributed by atoms with E-state index in [-0.39, 0.29) is 11.8 Å². The second kappa shape index (κ2) is 5.43. The lowest BCUT2D eigenvalue weighted by Gasteiger charge is -2.30. The van der Waals surface area contributed by atoms with Crippen LogP contribution in [-0.2, 0) is 9.53 Å². The molecule has 0 heterocycles. The number of rotatable bonds is 4. The second-order valence-electron chi connectivity index (χ2n) is 6.83. The van der Waals surface area contributed by atoms with Crippen molar-refractivity contribution in [1.29, 1.82) is 0 Å². The number of ether oxygens (including phenoxy) is 1. The van der Waals surface area contributed by atoms with Gasteiger partial charge in [0.05, 0.1) is 12.5 Å². The van der Waals surface area contributed by atoms with Crippen LogP contribution < -0.4 is 0 Å². The lowest BCUT2D eigenvalue weighted by Crippen LogP contribution is -2.39. The molecule has 6 unspecified atom stereocenters. The fraction of sp³-hybridized carbons (Fsp3) is 0.933. The molecule has 0 aromatic carbocycles. The first-order valence-electron chi connectivity index (χ1n) is 7.47. The number of hydrogen-bond donors (Lipinski definition) is 0. The van der Waals surface area contributed by atoms with Crippen LogP contribution in [0.25, 0.3) is 0 Å². The third-order valence-corrected chi connectivity index (χ3v) is 5.61. The van der Waals surface area contributed by atoms with Gasteiger partial charge in [-0.05, 0) is 43.4 Å². The van der Waals surface area contributed by atoms with Gasteiger partial charge in [0.15, 0.2) is 0 Å². The average Bonchev–Trinajstić information content (AvgIpc) is 2.89. The number of halogens is 4. The molecule has 0 aliphatic heterocycles. The zero-order valence-electron chi connectivity index (χ0n) is 12.5. The van der Waals surface area contributed by atoms with Crippen LogP contribution in [0.2, 0.25) is 0 Å². The van der Waals surface area contributed by atoms with E-state index >= 15 is 0 Å². The molecule has 0 N–H and O–H groups in total. The van der Waals surface area contributed by atoms with Crippen LogP contribution in [0.1, 0.15) is 40.0 Å². The largest absolute Gasteiger partial charge is 0.465 e. The van der Waals surface area contributed by atoms with E-state index in [1.54, 1.807) is 0 Å². The predicted molar refractivity (Wildman–Crippen MR) is 69.2 cm³/mol. The molecule has 0 aromatic rings. The van der Waals surface area contributed by atoms with E-state index in [9.17, 15) is 22.4 Å². The first-order valence-corrected chi connectivity index (χ1v) is 7.47. The van der Waals surface area contributed by atoms with Gasteiger partial charge in [0.25, 0.3) is 0 Å². The zero-order valence-corrected chi connectivity index (χ0v) is 12.5. The molecule has 6 heteroatoms. The van der Waals surface area contributed by atoms with Gasteiger partial charge in [0.2, 0.25) is 5.67 Å². The first kappa shape index (κ1) is 16.6. The highest BCUT2D eigenvalue weighted by molar-refractivity contribution is 5.73. The Morgan fingerprint density at radius 1 is 1.14 bits per heavy atom. The molecule has 2 fully saturated rings. The SMILES string of the molecule is CC1C2CC(C(=O)OCCC(C)(F)C(F)(F)F)C(C2)C1C. The van der Waals surface area contributed by atoms with Crippen molar-refractivity contribution < 1.29 is 27.1 Å². The van der Waals surface area contributed by atoms with E-state index in [0.717, 1.165) is 12.8 Å². The normalized spacial score (nSPS) is 38.3. The van der Waals surface area contributed by atoms with Gasteiger partial charge < -0.3 is 4.74 Å². The maximum atomic E-state index is 13.4. The molecule has 2 nitrogen and oxygen atoms in total. The van der Waals surface area contributed by atoms with Crippen molar-refractivity contribution in [3.63, 3.8) is 0 Å². The minimum atomic E-state index is -4.93. The summed E-state index contributed by atoms with van der Waals surface area (Å²) in [5, 5.41) is 0. The Bertz CT molecular complexity index is 403. The lowest BCUT2D eigenvalue weighted by molar-refractivity contribution is -0.229. The third kappa shape index (κ3) is 3.04. The van der Waals surface area contributed by atoms with Crippen molar-refractivity contribution >= 4 is 5.97 Å². The number of carbonyl (C=O) groups is 1. The lowest BCUT2D eigenvalue weighted by atomic mass is 9.76. The number of alkyl halides is 4. The minimum Gasteiger partial charge on any atom is -0.465 e. The van der Waals surface area contributed by atoms with Crippen molar-refractivity contribution in [2.45, 2.75) is 51.9 Å². The van der Waals surface area contributed by atoms with Crippen molar-refractivity contribution in [2.24, 2.45) is 29.6 Å². The van der Waals surface area contributed by atoms with E-state index in [1.165, 1.54) is 0 Å². The van der Waals surface area contributed by atoms with Gasteiger partial charge in [-0.25, -0.2) is 4.39 Å². The Kier molecular flexibility index (Phi) is 4.28. The fourth-order valence-corrected chi connectivity index (χ4v) is 3.80. The highest BCUT2D eigenvalue weighted by Crippen LogP contribution is 2.55. The smallest absolute Gasteiger partial charge is 0.422 e. The van der Waals surface area contributed by atoms with E-state index in [1.807, 2.05) is 0 Å². The van der Waals surface area contributed by atoms with Crippen LogP contribution >= 0.6 is 0 Å². The van der Waals surface area contributed by atoms with Crippen LogP contribution in [0.5, 0.6) is 0 Å². The molecule has 2 rings (SSSR count). The van der Waals surface area contributed by atoms with Crippen molar-refractivity contribution in [3.8, 4) is 0 Å². The van der Waals surface area contributed by atoms with Crippen molar-refractivity contribution in [3.05, 3.63) is 0 Å². The van der Waals surface area contributed by atoms with Crippen LogP contribution in [0.4, 0.5) is 17.6 Å². The third-order valence-electron chi connectivity index (χ3n) is 5.61. The summed E-state index contributed by atoms with van der Waals surface area (Å²) in [5.74, 6) is 1.10. The van der Waals surface area contributed by atoms with Crippen molar-refractivity contribution in [2.75, 3.05) is 6.61 Å². The molecule has 0 saturated heterocycles.